The lowest BCUT2D eigenvalue weighted by Crippen LogP contribution is -2.19. The van der Waals surface area contributed by atoms with Gasteiger partial charge in [0.2, 0.25) is 0 Å². The Bertz CT molecular complexity index is 781. The molecule has 22 heavy (non-hydrogen) atoms. The molecule has 2 heterocycles. The van der Waals surface area contributed by atoms with Crippen molar-refractivity contribution in [2.75, 3.05) is 7.11 Å². The van der Waals surface area contributed by atoms with Gasteiger partial charge in [-0.3, -0.25) is 9.67 Å². The summed E-state index contributed by atoms with van der Waals surface area (Å²) in [6.45, 7) is 2.86. The van der Waals surface area contributed by atoms with Crippen molar-refractivity contribution in [3.63, 3.8) is 0 Å². The van der Waals surface area contributed by atoms with Crippen LogP contribution < -0.4 is 10.1 Å². The topological polar surface area (TPSA) is 52.0 Å². The Balaban J connectivity index is 1.72. The van der Waals surface area contributed by atoms with Crippen LogP contribution in [0.4, 0.5) is 0 Å². The molecule has 114 valence electrons. The number of methoxy groups -OCH3 is 1. The van der Waals surface area contributed by atoms with Crippen LogP contribution in [0.25, 0.3) is 10.9 Å². The van der Waals surface area contributed by atoms with Crippen LogP contribution in [0.3, 0.4) is 0 Å². The standard InChI is InChI=1S/C17H20N4O/c1-12(17-16(22-3)11-21(2)20-17)19-10-13-6-7-15-14(9-13)5-4-8-18-15/h4-9,11-12,19H,10H2,1-3H3. The van der Waals surface area contributed by atoms with Gasteiger partial charge in [-0.2, -0.15) is 5.10 Å². The van der Waals surface area contributed by atoms with Crippen LogP contribution in [0.2, 0.25) is 0 Å². The maximum Gasteiger partial charge on any atom is 0.161 e. The molecule has 0 aliphatic rings. The second-order valence-corrected chi connectivity index (χ2v) is 5.39. The van der Waals surface area contributed by atoms with E-state index in [2.05, 4.69) is 46.6 Å². The summed E-state index contributed by atoms with van der Waals surface area (Å²) in [5, 5.41) is 9.11. The zero-order valence-corrected chi connectivity index (χ0v) is 13.1. The number of nitrogens with one attached hydrogen (secondary N) is 1. The molecule has 0 saturated carbocycles. The van der Waals surface area contributed by atoms with E-state index >= 15 is 0 Å². The fraction of sp³-hybridized carbons (Fsp3) is 0.294. The molecule has 1 atom stereocenters. The lowest BCUT2D eigenvalue weighted by atomic mass is 10.1. The predicted molar refractivity (Wildman–Crippen MR) is 86.8 cm³/mol. The molecule has 0 saturated heterocycles. The number of pyridine rings is 1. The summed E-state index contributed by atoms with van der Waals surface area (Å²) < 4.78 is 7.14. The Morgan fingerprint density at radius 2 is 2.18 bits per heavy atom. The highest BCUT2D eigenvalue weighted by Crippen LogP contribution is 2.23. The lowest BCUT2D eigenvalue weighted by molar-refractivity contribution is 0.401. The quantitative estimate of drug-likeness (QED) is 0.786. The number of aryl methyl sites for hydroxylation is 1. The summed E-state index contributed by atoms with van der Waals surface area (Å²) >= 11 is 0. The maximum absolute atomic E-state index is 5.37. The third-order valence-electron chi connectivity index (χ3n) is 3.73. The van der Waals surface area contributed by atoms with Gasteiger partial charge in [0.05, 0.1) is 24.9 Å². The minimum Gasteiger partial charge on any atom is -0.493 e. The van der Waals surface area contributed by atoms with Crippen LogP contribution >= 0.6 is 0 Å². The molecule has 0 aliphatic heterocycles. The van der Waals surface area contributed by atoms with Crippen molar-refractivity contribution in [3.05, 3.63) is 54.0 Å². The second-order valence-electron chi connectivity index (χ2n) is 5.39. The van der Waals surface area contributed by atoms with Crippen molar-refractivity contribution in [3.8, 4) is 5.75 Å². The number of rotatable bonds is 5. The highest BCUT2D eigenvalue weighted by Gasteiger charge is 2.15. The molecule has 0 radical (unpaired) electrons. The summed E-state index contributed by atoms with van der Waals surface area (Å²) in [5.74, 6) is 0.810. The van der Waals surface area contributed by atoms with E-state index in [9.17, 15) is 0 Å². The van der Waals surface area contributed by atoms with Crippen molar-refractivity contribution < 1.29 is 4.74 Å². The Kier molecular flexibility index (Phi) is 4.06. The van der Waals surface area contributed by atoms with Gasteiger partial charge in [0, 0.05) is 25.2 Å². The highest BCUT2D eigenvalue weighted by molar-refractivity contribution is 5.78. The smallest absolute Gasteiger partial charge is 0.161 e. The number of hydrogen-bond donors (Lipinski definition) is 1. The van der Waals surface area contributed by atoms with Crippen LogP contribution in [0.15, 0.2) is 42.7 Å². The first-order chi connectivity index (χ1) is 10.7. The van der Waals surface area contributed by atoms with Gasteiger partial charge in [-0.25, -0.2) is 0 Å². The molecule has 5 heteroatoms. The summed E-state index contributed by atoms with van der Waals surface area (Å²) in [7, 11) is 3.57. The molecular weight excluding hydrogens is 276 g/mol. The van der Waals surface area contributed by atoms with Crippen LogP contribution in [-0.2, 0) is 13.6 Å². The fourth-order valence-corrected chi connectivity index (χ4v) is 2.54. The van der Waals surface area contributed by atoms with Gasteiger partial charge in [0.1, 0.15) is 5.69 Å². The molecule has 1 unspecified atom stereocenters. The first kappa shape index (κ1) is 14.5. The molecule has 0 spiro atoms. The van der Waals surface area contributed by atoms with Crippen LogP contribution in [0.1, 0.15) is 24.2 Å². The molecule has 0 bridgehead atoms. The lowest BCUT2D eigenvalue weighted by Gasteiger charge is -2.13. The zero-order chi connectivity index (χ0) is 15.5. The van der Waals surface area contributed by atoms with Crippen LogP contribution in [0.5, 0.6) is 5.75 Å². The molecular formula is C17H20N4O. The minimum atomic E-state index is 0.112. The maximum atomic E-state index is 5.37. The van der Waals surface area contributed by atoms with E-state index in [1.165, 1.54) is 5.56 Å². The van der Waals surface area contributed by atoms with E-state index in [4.69, 9.17) is 4.74 Å². The molecule has 0 aliphatic carbocycles. The predicted octanol–water partition coefficient (Wildman–Crippen LogP) is 2.83. The van der Waals surface area contributed by atoms with Crippen molar-refractivity contribution in [1.82, 2.24) is 20.1 Å². The summed E-state index contributed by atoms with van der Waals surface area (Å²) in [6.07, 6.45) is 3.70. The monoisotopic (exact) mass is 296 g/mol. The van der Waals surface area contributed by atoms with Crippen molar-refractivity contribution in [2.45, 2.75) is 19.5 Å². The van der Waals surface area contributed by atoms with E-state index in [1.807, 2.05) is 25.5 Å². The molecule has 1 aromatic carbocycles. The molecule has 2 aromatic heterocycles. The van der Waals surface area contributed by atoms with E-state index in [1.54, 1.807) is 11.8 Å². The van der Waals surface area contributed by atoms with Gasteiger partial charge in [-0.05, 0) is 30.7 Å². The number of hydrogen-bond acceptors (Lipinski definition) is 4. The van der Waals surface area contributed by atoms with Gasteiger partial charge >= 0.3 is 0 Å². The van der Waals surface area contributed by atoms with E-state index in [0.717, 1.165) is 28.9 Å². The van der Waals surface area contributed by atoms with E-state index in [0.29, 0.717) is 0 Å². The highest BCUT2D eigenvalue weighted by atomic mass is 16.5. The fourth-order valence-electron chi connectivity index (χ4n) is 2.54. The van der Waals surface area contributed by atoms with Crippen LogP contribution in [0, 0.1) is 0 Å². The number of aromatic nitrogens is 3. The Morgan fingerprint density at radius 3 is 3.00 bits per heavy atom. The Hall–Kier alpha value is -2.40. The molecule has 3 aromatic rings. The average Bonchev–Trinajstić information content (AvgIpc) is 2.93. The molecule has 0 fully saturated rings. The van der Waals surface area contributed by atoms with Crippen molar-refractivity contribution in [2.24, 2.45) is 7.05 Å². The Labute approximate surface area is 129 Å². The number of ether oxygens (including phenoxy) is 1. The first-order valence-corrected chi connectivity index (χ1v) is 7.32. The molecule has 3 rings (SSSR count). The van der Waals surface area contributed by atoms with Gasteiger partial charge in [0.15, 0.2) is 5.75 Å². The summed E-state index contributed by atoms with van der Waals surface area (Å²) in [6, 6.07) is 10.5. The second kappa shape index (κ2) is 6.15. The van der Waals surface area contributed by atoms with Gasteiger partial charge < -0.3 is 10.1 Å². The largest absolute Gasteiger partial charge is 0.493 e. The van der Waals surface area contributed by atoms with Crippen LogP contribution in [-0.4, -0.2) is 21.9 Å². The SMILES string of the molecule is COc1cn(C)nc1C(C)NCc1ccc2ncccc2c1. The number of fused-ring (bicyclic) bond motifs is 1. The molecule has 1 N–H and O–H groups in total. The average molecular weight is 296 g/mol. The summed E-state index contributed by atoms with van der Waals surface area (Å²) in [4.78, 5) is 4.34. The van der Waals surface area contributed by atoms with Gasteiger partial charge in [-0.15, -0.1) is 0 Å². The van der Waals surface area contributed by atoms with E-state index < -0.39 is 0 Å². The normalized spacial score (nSPS) is 12.5. The number of benzene rings is 1. The van der Waals surface area contributed by atoms with Crippen molar-refractivity contribution >= 4 is 10.9 Å². The van der Waals surface area contributed by atoms with E-state index in [-0.39, 0.29) is 6.04 Å². The Morgan fingerprint density at radius 1 is 1.32 bits per heavy atom. The molecule has 0 amide bonds. The minimum absolute atomic E-state index is 0.112. The van der Waals surface area contributed by atoms with Crippen molar-refractivity contribution in [1.29, 1.82) is 0 Å². The first-order valence-electron chi connectivity index (χ1n) is 7.32. The van der Waals surface area contributed by atoms with Gasteiger partial charge in [0.25, 0.3) is 0 Å². The summed E-state index contributed by atoms with van der Waals surface area (Å²) in [5.41, 5.74) is 3.17. The number of nitrogens with zero attached hydrogens (tertiary/aromatic N) is 3. The zero-order valence-electron chi connectivity index (χ0n) is 13.1. The third-order valence-corrected chi connectivity index (χ3v) is 3.73. The third kappa shape index (κ3) is 2.94. The molecule has 5 nitrogen and oxygen atoms in total. The van der Waals surface area contributed by atoms with Gasteiger partial charge in [-0.1, -0.05) is 12.1 Å².